The minimum absolute atomic E-state index is 0.191. The second kappa shape index (κ2) is 5.98. The highest BCUT2D eigenvalue weighted by Gasteiger charge is 2.29. The number of carbonyl (C=O) groups excluding carboxylic acids is 1. The van der Waals surface area contributed by atoms with Gasteiger partial charge in [-0.15, -0.1) is 0 Å². The van der Waals surface area contributed by atoms with Crippen molar-refractivity contribution in [2.24, 2.45) is 11.8 Å². The SMILES string of the molecule is COCOCC1CC(COC(C)=O)C1. The summed E-state index contributed by atoms with van der Waals surface area (Å²) in [4.78, 5) is 10.5. The Morgan fingerprint density at radius 3 is 2.50 bits per heavy atom. The van der Waals surface area contributed by atoms with E-state index in [2.05, 4.69) is 0 Å². The highest BCUT2D eigenvalue weighted by molar-refractivity contribution is 5.65. The van der Waals surface area contributed by atoms with E-state index in [1.54, 1.807) is 7.11 Å². The Morgan fingerprint density at radius 2 is 1.93 bits per heavy atom. The van der Waals surface area contributed by atoms with Gasteiger partial charge in [0.25, 0.3) is 0 Å². The predicted octanol–water partition coefficient (Wildman–Crippen LogP) is 1.20. The first-order valence-electron chi connectivity index (χ1n) is 4.92. The summed E-state index contributed by atoms with van der Waals surface area (Å²) >= 11 is 0. The van der Waals surface area contributed by atoms with Gasteiger partial charge in [-0.1, -0.05) is 0 Å². The second-order valence-corrected chi connectivity index (χ2v) is 3.78. The van der Waals surface area contributed by atoms with Gasteiger partial charge >= 0.3 is 5.97 Å². The van der Waals surface area contributed by atoms with Gasteiger partial charge in [-0.25, -0.2) is 0 Å². The smallest absolute Gasteiger partial charge is 0.302 e. The summed E-state index contributed by atoms with van der Waals surface area (Å²) in [5.74, 6) is 0.963. The van der Waals surface area contributed by atoms with Crippen molar-refractivity contribution >= 4 is 5.97 Å². The molecule has 0 aliphatic heterocycles. The fourth-order valence-electron chi connectivity index (χ4n) is 1.68. The van der Waals surface area contributed by atoms with Crippen molar-refractivity contribution in [3.8, 4) is 0 Å². The van der Waals surface area contributed by atoms with Crippen LogP contribution >= 0.6 is 0 Å². The third-order valence-corrected chi connectivity index (χ3v) is 2.41. The molecule has 0 saturated heterocycles. The van der Waals surface area contributed by atoms with Gasteiger partial charge in [0.1, 0.15) is 6.79 Å². The number of esters is 1. The Hall–Kier alpha value is -0.610. The molecule has 1 aliphatic rings. The molecule has 0 amide bonds. The third kappa shape index (κ3) is 4.07. The first-order chi connectivity index (χ1) is 6.72. The minimum Gasteiger partial charge on any atom is -0.466 e. The standard InChI is InChI=1S/C10H18O4/c1-8(11)14-6-10-3-9(4-10)5-13-7-12-2/h9-10H,3-7H2,1-2H3. The van der Waals surface area contributed by atoms with Crippen LogP contribution in [0.4, 0.5) is 0 Å². The highest BCUT2D eigenvalue weighted by Crippen LogP contribution is 2.33. The molecule has 0 bridgehead atoms. The maximum absolute atomic E-state index is 10.5. The molecular weight excluding hydrogens is 184 g/mol. The van der Waals surface area contributed by atoms with Gasteiger partial charge in [-0.3, -0.25) is 4.79 Å². The first-order valence-corrected chi connectivity index (χ1v) is 4.92. The van der Waals surface area contributed by atoms with Gasteiger partial charge in [0, 0.05) is 14.0 Å². The van der Waals surface area contributed by atoms with E-state index in [1.165, 1.54) is 6.92 Å². The van der Waals surface area contributed by atoms with Crippen molar-refractivity contribution in [3.05, 3.63) is 0 Å². The molecule has 4 nitrogen and oxygen atoms in total. The maximum Gasteiger partial charge on any atom is 0.302 e. The largest absolute Gasteiger partial charge is 0.466 e. The quantitative estimate of drug-likeness (QED) is 0.369. The number of rotatable bonds is 6. The molecule has 0 aromatic carbocycles. The number of methoxy groups -OCH3 is 1. The number of hydrogen-bond acceptors (Lipinski definition) is 4. The van der Waals surface area contributed by atoms with E-state index < -0.39 is 0 Å². The molecule has 0 spiro atoms. The molecule has 1 saturated carbocycles. The monoisotopic (exact) mass is 202 g/mol. The van der Waals surface area contributed by atoms with E-state index in [9.17, 15) is 4.79 Å². The fraction of sp³-hybridized carbons (Fsp3) is 0.900. The minimum atomic E-state index is -0.191. The molecule has 82 valence electrons. The van der Waals surface area contributed by atoms with Crippen molar-refractivity contribution in [1.82, 2.24) is 0 Å². The number of carbonyl (C=O) groups is 1. The lowest BCUT2D eigenvalue weighted by Crippen LogP contribution is -2.31. The van der Waals surface area contributed by atoms with Crippen LogP contribution in [0.15, 0.2) is 0 Å². The summed E-state index contributed by atoms with van der Waals surface area (Å²) in [5.41, 5.74) is 0. The first kappa shape index (κ1) is 11.5. The van der Waals surface area contributed by atoms with Gasteiger partial charge in [0.05, 0.1) is 13.2 Å². The Balaban J connectivity index is 1.92. The molecule has 0 aromatic rings. The molecule has 1 rings (SSSR count). The Morgan fingerprint density at radius 1 is 1.29 bits per heavy atom. The summed E-state index contributed by atoms with van der Waals surface area (Å²) in [7, 11) is 1.62. The van der Waals surface area contributed by atoms with E-state index in [0.29, 0.717) is 25.2 Å². The van der Waals surface area contributed by atoms with E-state index in [0.717, 1.165) is 19.4 Å². The molecule has 0 N–H and O–H groups in total. The average molecular weight is 202 g/mol. The van der Waals surface area contributed by atoms with Gasteiger partial charge in [0.15, 0.2) is 0 Å². The Bertz CT molecular complexity index is 175. The maximum atomic E-state index is 10.5. The van der Waals surface area contributed by atoms with Gasteiger partial charge < -0.3 is 14.2 Å². The van der Waals surface area contributed by atoms with Crippen molar-refractivity contribution in [1.29, 1.82) is 0 Å². The summed E-state index contributed by atoms with van der Waals surface area (Å²) in [6.07, 6.45) is 2.19. The molecule has 0 heterocycles. The summed E-state index contributed by atoms with van der Waals surface area (Å²) in [6, 6.07) is 0. The molecule has 0 aromatic heterocycles. The topological polar surface area (TPSA) is 44.8 Å². The summed E-state index contributed by atoms with van der Waals surface area (Å²) in [6.45, 7) is 3.13. The molecule has 0 unspecified atom stereocenters. The van der Waals surface area contributed by atoms with Crippen molar-refractivity contribution in [2.45, 2.75) is 19.8 Å². The van der Waals surface area contributed by atoms with Crippen LogP contribution in [0.5, 0.6) is 0 Å². The second-order valence-electron chi connectivity index (χ2n) is 3.78. The van der Waals surface area contributed by atoms with E-state index in [-0.39, 0.29) is 5.97 Å². The molecule has 1 aliphatic carbocycles. The lowest BCUT2D eigenvalue weighted by atomic mass is 9.76. The zero-order valence-electron chi connectivity index (χ0n) is 8.82. The van der Waals surface area contributed by atoms with Crippen LogP contribution in [-0.2, 0) is 19.0 Å². The molecule has 14 heavy (non-hydrogen) atoms. The van der Waals surface area contributed by atoms with Gasteiger partial charge in [-0.05, 0) is 24.7 Å². The zero-order chi connectivity index (χ0) is 10.4. The fourth-order valence-corrected chi connectivity index (χ4v) is 1.68. The summed E-state index contributed by atoms with van der Waals surface area (Å²) in [5, 5.41) is 0. The van der Waals surface area contributed by atoms with Crippen LogP contribution in [0.25, 0.3) is 0 Å². The van der Waals surface area contributed by atoms with Crippen LogP contribution in [0.2, 0.25) is 0 Å². The van der Waals surface area contributed by atoms with Crippen LogP contribution in [0.1, 0.15) is 19.8 Å². The molecule has 4 heteroatoms. The van der Waals surface area contributed by atoms with Crippen LogP contribution in [0, 0.1) is 11.8 Å². The van der Waals surface area contributed by atoms with Crippen LogP contribution in [0.3, 0.4) is 0 Å². The molecule has 1 fully saturated rings. The zero-order valence-corrected chi connectivity index (χ0v) is 8.82. The Labute approximate surface area is 84.5 Å². The normalized spacial score (nSPS) is 25.6. The molecule has 0 radical (unpaired) electrons. The van der Waals surface area contributed by atoms with Crippen LogP contribution in [-0.4, -0.2) is 33.1 Å². The number of ether oxygens (including phenoxy) is 3. The molecular formula is C10H18O4. The lowest BCUT2D eigenvalue weighted by Gasteiger charge is -2.34. The van der Waals surface area contributed by atoms with Gasteiger partial charge in [-0.2, -0.15) is 0 Å². The lowest BCUT2D eigenvalue weighted by molar-refractivity contribution is -0.144. The summed E-state index contributed by atoms with van der Waals surface area (Å²) < 4.78 is 14.9. The van der Waals surface area contributed by atoms with E-state index in [4.69, 9.17) is 14.2 Å². The highest BCUT2D eigenvalue weighted by atomic mass is 16.7. The van der Waals surface area contributed by atoms with E-state index in [1.807, 2.05) is 0 Å². The number of hydrogen-bond donors (Lipinski definition) is 0. The third-order valence-electron chi connectivity index (χ3n) is 2.41. The Kier molecular flexibility index (Phi) is 4.90. The average Bonchev–Trinajstić information content (AvgIpc) is 2.07. The van der Waals surface area contributed by atoms with Crippen molar-refractivity contribution in [2.75, 3.05) is 27.1 Å². The van der Waals surface area contributed by atoms with E-state index >= 15 is 0 Å². The van der Waals surface area contributed by atoms with Crippen molar-refractivity contribution in [3.63, 3.8) is 0 Å². The predicted molar refractivity (Wildman–Crippen MR) is 50.7 cm³/mol. The van der Waals surface area contributed by atoms with Crippen molar-refractivity contribution < 1.29 is 19.0 Å². The van der Waals surface area contributed by atoms with Crippen LogP contribution < -0.4 is 0 Å². The molecule has 0 atom stereocenters. The van der Waals surface area contributed by atoms with Gasteiger partial charge in [0.2, 0.25) is 0 Å².